The minimum Gasteiger partial charge on any atom is -0.508 e. The van der Waals surface area contributed by atoms with Crippen molar-refractivity contribution in [3.63, 3.8) is 0 Å². The minimum absolute atomic E-state index is 0.0979. The van der Waals surface area contributed by atoms with Crippen LogP contribution in [0.1, 0.15) is 23.5 Å². The third-order valence-corrected chi connectivity index (χ3v) is 3.99. The molecule has 0 saturated heterocycles. The van der Waals surface area contributed by atoms with E-state index in [4.69, 9.17) is 0 Å². The lowest BCUT2D eigenvalue weighted by Gasteiger charge is -2.14. The van der Waals surface area contributed by atoms with Gasteiger partial charge in [0.15, 0.2) is 0 Å². The highest BCUT2D eigenvalue weighted by molar-refractivity contribution is 5.85. The van der Waals surface area contributed by atoms with Gasteiger partial charge in [0, 0.05) is 18.7 Å². The summed E-state index contributed by atoms with van der Waals surface area (Å²) in [5.74, 6) is -0.333. The first-order valence-electron chi connectivity index (χ1n) is 7.60. The van der Waals surface area contributed by atoms with Gasteiger partial charge in [-0.2, -0.15) is 4.39 Å². The normalized spacial score (nSPS) is 16.0. The molecule has 1 amide bonds. The first-order chi connectivity index (χ1) is 11.1. The van der Waals surface area contributed by atoms with Crippen LogP contribution in [0.25, 0.3) is 0 Å². The Morgan fingerprint density at radius 1 is 1.26 bits per heavy atom. The molecule has 5 nitrogen and oxygen atoms in total. The van der Waals surface area contributed by atoms with Crippen molar-refractivity contribution in [1.82, 2.24) is 10.3 Å². The molecule has 3 rings (SSSR count). The molecule has 0 fully saturated rings. The first kappa shape index (κ1) is 15.3. The molecule has 3 N–H and O–H groups in total. The van der Waals surface area contributed by atoms with E-state index in [9.17, 15) is 14.3 Å². The van der Waals surface area contributed by atoms with Crippen LogP contribution in [0, 0.1) is 5.95 Å². The number of aromatic nitrogens is 1. The lowest BCUT2D eigenvalue weighted by atomic mass is 9.99. The average Bonchev–Trinajstić information content (AvgIpc) is 2.97. The number of carbonyl (C=O) groups is 1. The topological polar surface area (TPSA) is 74.2 Å². The summed E-state index contributed by atoms with van der Waals surface area (Å²) < 4.78 is 12.9. The van der Waals surface area contributed by atoms with Gasteiger partial charge in [-0.25, -0.2) is 4.98 Å². The van der Waals surface area contributed by atoms with E-state index in [1.807, 2.05) is 6.07 Å². The van der Waals surface area contributed by atoms with E-state index >= 15 is 0 Å². The molecular weight excluding hydrogens is 297 g/mol. The third-order valence-electron chi connectivity index (χ3n) is 3.99. The Labute approximate surface area is 133 Å². The van der Waals surface area contributed by atoms with Crippen LogP contribution in [-0.2, 0) is 11.2 Å². The SMILES string of the molecule is O=C(NCCNc1cccc(F)n1)C1CCc2cccc(O)c21. The van der Waals surface area contributed by atoms with Gasteiger partial charge in [-0.3, -0.25) is 4.79 Å². The lowest BCUT2D eigenvalue weighted by molar-refractivity contribution is -0.122. The number of pyridine rings is 1. The highest BCUT2D eigenvalue weighted by atomic mass is 19.1. The number of phenols is 1. The van der Waals surface area contributed by atoms with Crippen LogP contribution in [0.3, 0.4) is 0 Å². The number of fused-ring (bicyclic) bond motifs is 1. The van der Waals surface area contributed by atoms with Gasteiger partial charge < -0.3 is 15.7 Å². The van der Waals surface area contributed by atoms with E-state index in [0.29, 0.717) is 25.3 Å². The number of amides is 1. The molecule has 120 valence electrons. The summed E-state index contributed by atoms with van der Waals surface area (Å²) in [6.45, 7) is 0.846. The minimum atomic E-state index is -0.544. The molecule has 6 heteroatoms. The van der Waals surface area contributed by atoms with Crippen LogP contribution < -0.4 is 10.6 Å². The zero-order valence-electron chi connectivity index (χ0n) is 12.6. The molecule has 1 atom stereocenters. The summed E-state index contributed by atoms with van der Waals surface area (Å²) in [6, 6.07) is 9.86. The molecule has 23 heavy (non-hydrogen) atoms. The van der Waals surface area contributed by atoms with E-state index in [1.54, 1.807) is 24.3 Å². The number of nitrogens with zero attached hydrogens (tertiary/aromatic N) is 1. The van der Waals surface area contributed by atoms with Gasteiger partial charge in [0.25, 0.3) is 0 Å². The Balaban J connectivity index is 1.51. The van der Waals surface area contributed by atoms with Crippen LogP contribution in [-0.4, -0.2) is 29.1 Å². The quantitative estimate of drug-likeness (QED) is 0.584. The van der Waals surface area contributed by atoms with E-state index < -0.39 is 5.95 Å². The predicted molar refractivity (Wildman–Crippen MR) is 84.9 cm³/mol. The highest BCUT2D eigenvalue weighted by Gasteiger charge is 2.30. The smallest absolute Gasteiger partial charge is 0.227 e. The van der Waals surface area contributed by atoms with Gasteiger partial charge in [-0.15, -0.1) is 0 Å². The fourth-order valence-corrected chi connectivity index (χ4v) is 2.93. The monoisotopic (exact) mass is 315 g/mol. The largest absolute Gasteiger partial charge is 0.508 e. The van der Waals surface area contributed by atoms with E-state index in [0.717, 1.165) is 17.5 Å². The second-order valence-electron chi connectivity index (χ2n) is 5.50. The van der Waals surface area contributed by atoms with Crippen LogP contribution in [0.5, 0.6) is 5.75 Å². The molecule has 1 aromatic heterocycles. The third kappa shape index (κ3) is 3.41. The number of phenolic OH excluding ortho intramolecular Hbond substituents is 1. The Kier molecular flexibility index (Phi) is 4.41. The van der Waals surface area contributed by atoms with Crippen LogP contribution in [0.4, 0.5) is 10.2 Å². The molecule has 0 bridgehead atoms. The molecule has 1 heterocycles. The van der Waals surface area contributed by atoms with Crippen molar-refractivity contribution < 1.29 is 14.3 Å². The number of carbonyl (C=O) groups excluding carboxylic acids is 1. The number of aryl methyl sites for hydroxylation is 1. The summed E-state index contributed by atoms with van der Waals surface area (Å²) in [5.41, 5.74) is 1.77. The lowest BCUT2D eigenvalue weighted by Crippen LogP contribution is -2.32. The molecular formula is C17H18FN3O2. The van der Waals surface area contributed by atoms with Crippen molar-refractivity contribution in [2.75, 3.05) is 18.4 Å². The Hall–Kier alpha value is -2.63. The van der Waals surface area contributed by atoms with E-state index in [1.165, 1.54) is 6.07 Å². The van der Waals surface area contributed by atoms with Crippen molar-refractivity contribution >= 4 is 11.7 Å². The Morgan fingerprint density at radius 2 is 2.09 bits per heavy atom. The Bertz CT molecular complexity index is 721. The van der Waals surface area contributed by atoms with Crippen LogP contribution >= 0.6 is 0 Å². The number of anilines is 1. The maximum Gasteiger partial charge on any atom is 0.227 e. The highest BCUT2D eigenvalue weighted by Crippen LogP contribution is 2.38. The molecule has 0 aliphatic heterocycles. The van der Waals surface area contributed by atoms with Gasteiger partial charge >= 0.3 is 0 Å². The molecule has 0 spiro atoms. The van der Waals surface area contributed by atoms with Gasteiger partial charge in [0.2, 0.25) is 11.9 Å². The number of benzene rings is 1. The maximum absolute atomic E-state index is 12.9. The fourth-order valence-electron chi connectivity index (χ4n) is 2.93. The molecule has 1 unspecified atom stereocenters. The average molecular weight is 315 g/mol. The maximum atomic E-state index is 12.9. The number of aromatic hydroxyl groups is 1. The van der Waals surface area contributed by atoms with Crippen molar-refractivity contribution in [3.05, 3.63) is 53.5 Å². The van der Waals surface area contributed by atoms with Gasteiger partial charge in [0.1, 0.15) is 11.6 Å². The van der Waals surface area contributed by atoms with Crippen LogP contribution in [0.15, 0.2) is 36.4 Å². The fraction of sp³-hybridized carbons (Fsp3) is 0.294. The molecule has 1 aliphatic carbocycles. The number of halogens is 1. The van der Waals surface area contributed by atoms with Crippen molar-refractivity contribution in [1.29, 1.82) is 0 Å². The molecule has 1 aliphatic rings. The van der Waals surface area contributed by atoms with E-state index in [-0.39, 0.29) is 17.6 Å². The molecule has 0 saturated carbocycles. The summed E-state index contributed by atoms with van der Waals surface area (Å²) in [4.78, 5) is 16.0. The van der Waals surface area contributed by atoms with Crippen molar-refractivity contribution in [3.8, 4) is 5.75 Å². The van der Waals surface area contributed by atoms with Gasteiger partial charge in [-0.05, 0) is 36.6 Å². The Morgan fingerprint density at radius 3 is 2.91 bits per heavy atom. The van der Waals surface area contributed by atoms with Crippen LogP contribution in [0.2, 0.25) is 0 Å². The number of hydrogen-bond acceptors (Lipinski definition) is 4. The molecule has 0 radical (unpaired) electrons. The number of hydrogen-bond donors (Lipinski definition) is 3. The summed E-state index contributed by atoms with van der Waals surface area (Å²) in [6.07, 6.45) is 1.50. The summed E-state index contributed by atoms with van der Waals surface area (Å²) >= 11 is 0. The molecule has 2 aromatic rings. The zero-order valence-corrected chi connectivity index (χ0v) is 12.6. The van der Waals surface area contributed by atoms with E-state index in [2.05, 4.69) is 15.6 Å². The molecule has 1 aromatic carbocycles. The zero-order chi connectivity index (χ0) is 16.2. The second-order valence-corrected chi connectivity index (χ2v) is 5.50. The number of nitrogens with one attached hydrogen (secondary N) is 2. The predicted octanol–water partition coefficient (Wildman–Crippen LogP) is 2.18. The first-order valence-corrected chi connectivity index (χ1v) is 7.60. The van der Waals surface area contributed by atoms with Crippen molar-refractivity contribution in [2.24, 2.45) is 0 Å². The number of rotatable bonds is 5. The summed E-state index contributed by atoms with van der Waals surface area (Å²) in [7, 11) is 0. The van der Waals surface area contributed by atoms with Crippen molar-refractivity contribution in [2.45, 2.75) is 18.8 Å². The summed E-state index contributed by atoms with van der Waals surface area (Å²) in [5, 5.41) is 15.8. The second kappa shape index (κ2) is 6.64. The van der Waals surface area contributed by atoms with Gasteiger partial charge in [0.05, 0.1) is 5.92 Å². The standard InChI is InChI=1S/C17H18FN3O2/c18-14-5-2-6-15(21-14)19-9-10-20-17(23)12-8-7-11-3-1-4-13(22)16(11)12/h1-6,12,22H,7-10H2,(H,19,21)(H,20,23). The van der Waals surface area contributed by atoms with Gasteiger partial charge in [-0.1, -0.05) is 18.2 Å².